The molecule has 0 saturated carbocycles. The summed E-state index contributed by atoms with van der Waals surface area (Å²) >= 11 is 0. The first-order chi connectivity index (χ1) is 18.1. The van der Waals surface area contributed by atoms with Gasteiger partial charge in [0.15, 0.2) is 0 Å². The van der Waals surface area contributed by atoms with E-state index in [1.165, 1.54) is 33.0 Å². The van der Waals surface area contributed by atoms with Gasteiger partial charge in [-0.15, -0.1) is 0 Å². The zero-order valence-corrected chi connectivity index (χ0v) is 23.0. The summed E-state index contributed by atoms with van der Waals surface area (Å²) in [6, 6.07) is 0.764. The van der Waals surface area contributed by atoms with Crippen molar-refractivity contribution in [2.75, 3.05) is 6.61 Å². The van der Waals surface area contributed by atoms with Gasteiger partial charge in [0, 0.05) is 11.1 Å². The molecule has 2 N–H and O–H groups in total. The molecule has 1 unspecified atom stereocenters. The number of benzene rings is 2. The second-order valence-corrected chi connectivity index (χ2v) is 9.89. The van der Waals surface area contributed by atoms with Gasteiger partial charge in [-0.05, 0) is 86.7 Å². The number of nitrogens with one attached hydrogen (secondary N) is 2. The summed E-state index contributed by atoms with van der Waals surface area (Å²) in [6.45, 7) is 13.1. The molecule has 0 aromatic heterocycles. The Morgan fingerprint density at radius 3 is 2.10 bits per heavy atom. The number of amides is 1. The van der Waals surface area contributed by atoms with Crippen LogP contribution in [0.1, 0.15) is 67.5 Å². The molecule has 1 amide bonds. The van der Waals surface area contributed by atoms with Gasteiger partial charge in [0.05, 0.1) is 24.6 Å². The molecule has 0 aliphatic heterocycles. The van der Waals surface area contributed by atoms with E-state index < -0.39 is 59.3 Å². The minimum atomic E-state index is -4.60. The molecule has 2 atom stereocenters. The maximum atomic E-state index is 16.2. The highest BCUT2D eigenvalue weighted by Crippen LogP contribution is 2.39. The first kappa shape index (κ1) is 31.8. The van der Waals surface area contributed by atoms with Gasteiger partial charge in [-0.2, -0.15) is 13.2 Å². The number of halogens is 5. The van der Waals surface area contributed by atoms with E-state index in [-0.39, 0.29) is 40.3 Å². The van der Waals surface area contributed by atoms with Gasteiger partial charge < -0.3 is 15.4 Å². The number of carbonyl (C=O) groups is 2. The van der Waals surface area contributed by atoms with Gasteiger partial charge in [-0.3, -0.25) is 9.59 Å². The number of esters is 1. The summed E-state index contributed by atoms with van der Waals surface area (Å²) in [6.07, 6.45) is -3.46. The highest BCUT2D eigenvalue weighted by molar-refractivity contribution is 5.83. The molecule has 0 aliphatic rings. The van der Waals surface area contributed by atoms with Crippen LogP contribution in [0.4, 0.5) is 22.0 Å². The lowest BCUT2D eigenvalue weighted by Gasteiger charge is -2.26. The van der Waals surface area contributed by atoms with Gasteiger partial charge in [0.25, 0.3) is 0 Å². The zero-order chi connectivity index (χ0) is 29.7. The van der Waals surface area contributed by atoms with E-state index in [2.05, 4.69) is 17.2 Å². The SMILES string of the molecule is C=CNC(CC(C)C)C(=O)N[C@@H](CC(=O)OCC)c1c(F)c(C)cc(-c2c(C)cc(C(F)(F)F)cc2C)c1F. The van der Waals surface area contributed by atoms with E-state index in [4.69, 9.17) is 4.74 Å². The average molecular weight is 555 g/mol. The lowest BCUT2D eigenvalue weighted by Crippen LogP contribution is -2.45. The summed E-state index contributed by atoms with van der Waals surface area (Å²) in [5.41, 5.74) is -1.18. The fraction of sp³-hybridized carbons (Fsp3) is 0.448. The van der Waals surface area contributed by atoms with Crippen LogP contribution in [0.5, 0.6) is 0 Å². The molecule has 214 valence electrons. The van der Waals surface area contributed by atoms with Crippen molar-refractivity contribution < 1.29 is 36.3 Å². The Kier molecular flexibility index (Phi) is 10.7. The molecule has 0 radical (unpaired) electrons. The normalized spacial score (nSPS) is 13.1. The van der Waals surface area contributed by atoms with Crippen molar-refractivity contribution in [3.8, 4) is 11.1 Å². The van der Waals surface area contributed by atoms with Crippen LogP contribution in [0.15, 0.2) is 31.0 Å². The summed E-state index contributed by atoms with van der Waals surface area (Å²) in [5.74, 6) is -3.38. The quantitative estimate of drug-likeness (QED) is 0.236. The largest absolute Gasteiger partial charge is 0.466 e. The van der Waals surface area contributed by atoms with Gasteiger partial charge in [-0.1, -0.05) is 20.4 Å². The lowest BCUT2D eigenvalue weighted by atomic mass is 9.88. The molecule has 0 fully saturated rings. The highest BCUT2D eigenvalue weighted by atomic mass is 19.4. The van der Waals surface area contributed by atoms with Gasteiger partial charge in [-0.25, -0.2) is 8.78 Å². The molecule has 5 nitrogen and oxygen atoms in total. The third kappa shape index (κ3) is 7.80. The van der Waals surface area contributed by atoms with E-state index in [1.54, 1.807) is 6.92 Å². The first-order valence-electron chi connectivity index (χ1n) is 12.6. The van der Waals surface area contributed by atoms with E-state index in [1.807, 2.05) is 13.8 Å². The van der Waals surface area contributed by atoms with E-state index in [9.17, 15) is 22.8 Å². The lowest BCUT2D eigenvalue weighted by molar-refractivity contribution is -0.144. The predicted molar refractivity (Wildman–Crippen MR) is 140 cm³/mol. The van der Waals surface area contributed by atoms with Crippen molar-refractivity contribution >= 4 is 11.9 Å². The molecule has 2 aromatic rings. The molecule has 0 aliphatic carbocycles. The molecule has 2 rings (SSSR count). The van der Waals surface area contributed by atoms with E-state index in [0.29, 0.717) is 6.42 Å². The van der Waals surface area contributed by atoms with Gasteiger partial charge >= 0.3 is 12.1 Å². The molecule has 0 saturated heterocycles. The van der Waals surface area contributed by atoms with Gasteiger partial charge in [0.2, 0.25) is 5.91 Å². The Morgan fingerprint density at radius 1 is 1.03 bits per heavy atom. The number of carbonyl (C=O) groups excluding carboxylic acids is 2. The van der Waals surface area contributed by atoms with Crippen LogP contribution in [0, 0.1) is 38.3 Å². The Labute approximate surface area is 225 Å². The van der Waals surface area contributed by atoms with Crippen LogP contribution in [-0.2, 0) is 20.5 Å². The van der Waals surface area contributed by atoms with Crippen LogP contribution < -0.4 is 10.6 Å². The molecule has 39 heavy (non-hydrogen) atoms. The van der Waals surface area contributed by atoms with Crippen LogP contribution in [0.25, 0.3) is 11.1 Å². The Bertz CT molecular complexity index is 1200. The second kappa shape index (κ2) is 13.1. The monoisotopic (exact) mass is 554 g/mol. The zero-order valence-electron chi connectivity index (χ0n) is 23.0. The molecule has 10 heteroatoms. The molecular formula is C29H35F5N2O3. The van der Waals surface area contributed by atoms with E-state index in [0.717, 1.165) is 12.1 Å². The average Bonchev–Trinajstić information content (AvgIpc) is 2.80. The smallest absolute Gasteiger partial charge is 0.416 e. The van der Waals surface area contributed by atoms with Crippen LogP contribution >= 0.6 is 0 Å². The number of rotatable bonds is 11. The third-order valence-corrected chi connectivity index (χ3v) is 6.23. The summed E-state index contributed by atoms with van der Waals surface area (Å²) < 4.78 is 76.7. The van der Waals surface area contributed by atoms with Crippen molar-refractivity contribution in [1.29, 1.82) is 0 Å². The predicted octanol–water partition coefficient (Wildman–Crippen LogP) is 6.83. The Balaban J connectivity index is 2.72. The third-order valence-electron chi connectivity index (χ3n) is 6.23. The van der Waals surface area contributed by atoms with Gasteiger partial charge in [0.1, 0.15) is 17.7 Å². The minimum absolute atomic E-state index is 0.00819. The number of hydrogen-bond acceptors (Lipinski definition) is 4. The molecular weight excluding hydrogens is 519 g/mol. The van der Waals surface area contributed by atoms with Crippen LogP contribution in [0.3, 0.4) is 0 Å². The van der Waals surface area contributed by atoms with E-state index >= 15 is 8.78 Å². The number of aryl methyl sites for hydroxylation is 3. The van der Waals surface area contributed by atoms with Crippen molar-refractivity contribution in [3.63, 3.8) is 0 Å². The second-order valence-electron chi connectivity index (χ2n) is 9.89. The number of hydrogen-bond donors (Lipinski definition) is 2. The first-order valence-corrected chi connectivity index (χ1v) is 12.6. The highest BCUT2D eigenvalue weighted by Gasteiger charge is 2.34. The van der Waals surface area contributed by atoms with Crippen molar-refractivity contribution in [2.24, 2.45) is 5.92 Å². The number of alkyl halides is 3. The Hall–Kier alpha value is -3.43. The number of ether oxygens (including phenoxy) is 1. The topological polar surface area (TPSA) is 67.4 Å². The summed E-state index contributed by atoms with van der Waals surface area (Å²) in [4.78, 5) is 25.6. The molecule has 2 aromatic carbocycles. The fourth-order valence-corrected chi connectivity index (χ4v) is 4.59. The van der Waals surface area contributed by atoms with Crippen LogP contribution in [0.2, 0.25) is 0 Å². The maximum Gasteiger partial charge on any atom is 0.416 e. The molecule has 0 spiro atoms. The summed E-state index contributed by atoms with van der Waals surface area (Å²) in [7, 11) is 0. The maximum absolute atomic E-state index is 16.2. The van der Waals surface area contributed by atoms with Crippen molar-refractivity contribution in [2.45, 2.75) is 72.6 Å². The molecule has 0 heterocycles. The standard InChI is InChI=1S/C29H35F5N2O3/c1-8-35-22(10-15(3)4)28(38)36-21(14-23(37)39-9-2)25-26(30)18(7)13-20(27(25)31)24-16(5)11-19(12-17(24)6)29(32,33)34/h8,11-13,15,21-22,35H,1,9-10,14H2,2-7H3,(H,36,38)/t21-,22?/m0/s1. The summed E-state index contributed by atoms with van der Waals surface area (Å²) in [5, 5.41) is 5.40. The Morgan fingerprint density at radius 2 is 1.62 bits per heavy atom. The van der Waals surface area contributed by atoms with Crippen molar-refractivity contribution in [1.82, 2.24) is 10.6 Å². The minimum Gasteiger partial charge on any atom is -0.466 e. The van der Waals surface area contributed by atoms with Crippen LogP contribution in [-0.4, -0.2) is 24.5 Å². The molecule has 0 bridgehead atoms. The fourth-order valence-electron chi connectivity index (χ4n) is 4.59. The van der Waals surface area contributed by atoms with Crippen molar-refractivity contribution in [3.05, 3.63) is 70.4 Å².